The third-order valence-corrected chi connectivity index (χ3v) is 3.73. The van der Waals surface area contributed by atoms with Gasteiger partial charge in [0.2, 0.25) is 0 Å². The molecular weight excluding hydrogens is 246 g/mol. The summed E-state index contributed by atoms with van der Waals surface area (Å²) < 4.78 is 2.12. The fourth-order valence-electron chi connectivity index (χ4n) is 2.54. The second-order valence-corrected chi connectivity index (χ2v) is 5.38. The first-order valence-electron chi connectivity index (χ1n) is 7.53. The molecule has 0 fully saturated rings. The monoisotopic (exact) mass is 271 g/mol. The van der Waals surface area contributed by atoms with Gasteiger partial charge in [0.15, 0.2) is 0 Å². The summed E-state index contributed by atoms with van der Waals surface area (Å²) in [5, 5.41) is 3.71. The van der Waals surface area contributed by atoms with Crippen molar-refractivity contribution in [2.24, 2.45) is 0 Å². The maximum atomic E-state index is 4.09. The Morgan fingerprint density at radius 2 is 1.95 bits per heavy atom. The molecule has 3 nitrogen and oxygen atoms in total. The first-order chi connectivity index (χ1) is 9.72. The number of aryl methyl sites for hydroxylation is 1. The number of hydrogen-bond donors (Lipinski definition) is 1. The number of rotatable bonds is 7. The van der Waals surface area contributed by atoms with Crippen molar-refractivity contribution in [2.75, 3.05) is 0 Å². The lowest BCUT2D eigenvalue weighted by molar-refractivity contribution is 0.406. The van der Waals surface area contributed by atoms with Crippen LogP contribution in [0, 0.1) is 0 Å². The lowest BCUT2D eigenvalue weighted by Gasteiger charge is -2.23. The molecule has 2 aromatic rings. The zero-order valence-corrected chi connectivity index (χ0v) is 12.7. The van der Waals surface area contributed by atoms with Gasteiger partial charge in [0.05, 0.1) is 6.33 Å². The molecular formula is C17H25N3. The van der Waals surface area contributed by atoms with Crippen molar-refractivity contribution < 1.29 is 0 Å². The van der Waals surface area contributed by atoms with Crippen molar-refractivity contribution in [1.82, 2.24) is 14.9 Å². The maximum absolute atomic E-state index is 4.09. The fraction of sp³-hybridized carbons (Fsp3) is 0.471. The first-order valence-corrected chi connectivity index (χ1v) is 7.53. The van der Waals surface area contributed by atoms with Crippen LogP contribution in [-0.4, -0.2) is 15.6 Å². The minimum atomic E-state index is 0.416. The first kappa shape index (κ1) is 14.8. The van der Waals surface area contributed by atoms with Gasteiger partial charge in [-0.1, -0.05) is 38.1 Å². The Morgan fingerprint density at radius 1 is 1.20 bits per heavy atom. The summed E-state index contributed by atoms with van der Waals surface area (Å²) >= 11 is 0. The lowest BCUT2D eigenvalue weighted by Crippen LogP contribution is -2.33. The Bertz CT molecular complexity index is 487. The highest BCUT2D eigenvalue weighted by molar-refractivity contribution is 5.25. The van der Waals surface area contributed by atoms with E-state index in [-0.39, 0.29) is 0 Å². The van der Waals surface area contributed by atoms with E-state index in [2.05, 4.69) is 59.9 Å². The molecule has 1 N–H and O–H groups in total. The highest BCUT2D eigenvalue weighted by Crippen LogP contribution is 2.18. The van der Waals surface area contributed by atoms with Gasteiger partial charge in [-0.15, -0.1) is 0 Å². The summed E-state index contributed by atoms with van der Waals surface area (Å²) in [6.45, 7) is 7.60. The predicted octanol–water partition coefficient (Wildman–Crippen LogP) is 3.57. The summed E-state index contributed by atoms with van der Waals surface area (Å²) in [7, 11) is 0. The quantitative estimate of drug-likeness (QED) is 0.834. The molecule has 0 aliphatic heterocycles. The van der Waals surface area contributed by atoms with Crippen LogP contribution < -0.4 is 5.32 Å². The molecule has 0 bridgehead atoms. The molecule has 0 aliphatic rings. The van der Waals surface area contributed by atoms with Crippen molar-refractivity contribution in [3.8, 4) is 0 Å². The zero-order chi connectivity index (χ0) is 14.4. The van der Waals surface area contributed by atoms with Crippen LogP contribution in [0.3, 0.4) is 0 Å². The van der Waals surface area contributed by atoms with E-state index < -0.39 is 0 Å². The Labute approximate surface area is 122 Å². The normalized spacial score (nSPS) is 14.2. The Morgan fingerprint density at radius 3 is 2.50 bits per heavy atom. The van der Waals surface area contributed by atoms with E-state index in [0.717, 1.165) is 19.4 Å². The van der Waals surface area contributed by atoms with Crippen molar-refractivity contribution in [3.63, 3.8) is 0 Å². The molecule has 0 radical (unpaired) electrons. The van der Waals surface area contributed by atoms with Gasteiger partial charge in [0, 0.05) is 31.0 Å². The molecule has 2 rings (SSSR count). The van der Waals surface area contributed by atoms with E-state index in [0.29, 0.717) is 12.1 Å². The third-order valence-electron chi connectivity index (χ3n) is 3.73. The van der Waals surface area contributed by atoms with E-state index in [4.69, 9.17) is 0 Å². The molecule has 1 aromatic carbocycles. The Hall–Kier alpha value is -1.61. The second-order valence-electron chi connectivity index (χ2n) is 5.38. The van der Waals surface area contributed by atoms with Gasteiger partial charge in [-0.3, -0.25) is 0 Å². The van der Waals surface area contributed by atoms with E-state index in [1.807, 2.05) is 18.7 Å². The second kappa shape index (κ2) is 7.25. The number of nitrogens with one attached hydrogen (secondary N) is 1. The van der Waals surface area contributed by atoms with Crippen LogP contribution in [0.15, 0.2) is 43.0 Å². The summed E-state index contributed by atoms with van der Waals surface area (Å²) in [4.78, 5) is 4.09. The Balaban J connectivity index is 1.96. The lowest BCUT2D eigenvalue weighted by atomic mass is 10.0. The molecule has 1 heterocycles. The molecule has 20 heavy (non-hydrogen) atoms. The Kier molecular flexibility index (Phi) is 5.36. The zero-order valence-electron chi connectivity index (χ0n) is 12.7. The number of hydrogen-bond acceptors (Lipinski definition) is 2. The molecule has 108 valence electrons. The van der Waals surface area contributed by atoms with Crippen LogP contribution in [0.2, 0.25) is 0 Å². The smallest absolute Gasteiger partial charge is 0.0946 e. The largest absolute Gasteiger partial charge is 0.336 e. The predicted molar refractivity (Wildman–Crippen MR) is 83.7 cm³/mol. The molecule has 0 saturated carbocycles. The van der Waals surface area contributed by atoms with Gasteiger partial charge < -0.3 is 9.88 Å². The summed E-state index contributed by atoms with van der Waals surface area (Å²) in [6.07, 6.45) is 7.90. The molecule has 0 amide bonds. The SMILES string of the molecule is CCc1ccc(C(CC)NC(C)Cn2ccnc2)cc1. The minimum absolute atomic E-state index is 0.416. The van der Waals surface area contributed by atoms with Gasteiger partial charge in [-0.25, -0.2) is 4.98 Å². The van der Waals surface area contributed by atoms with Gasteiger partial charge in [0.1, 0.15) is 0 Å². The van der Waals surface area contributed by atoms with Crippen molar-refractivity contribution in [1.29, 1.82) is 0 Å². The number of nitrogens with zero attached hydrogens (tertiary/aromatic N) is 2. The minimum Gasteiger partial charge on any atom is -0.336 e. The topological polar surface area (TPSA) is 29.9 Å². The van der Waals surface area contributed by atoms with Crippen molar-refractivity contribution in [2.45, 2.75) is 52.2 Å². The van der Waals surface area contributed by atoms with Crippen LogP contribution in [-0.2, 0) is 13.0 Å². The van der Waals surface area contributed by atoms with Crippen LogP contribution >= 0.6 is 0 Å². The van der Waals surface area contributed by atoms with E-state index in [1.165, 1.54) is 11.1 Å². The number of aromatic nitrogens is 2. The average Bonchev–Trinajstić information content (AvgIpc) is 2.97. The molecule has 2 atom stereocenters. The van der Waals surface area contributed by atoms with Crippen LogP contribution in [0.4, 0.5) is 0 Å². The molecule has 0 spiro atoms. The van der Waals surface area contributed by atoms with Gasteiger partial charge in [-0.05, 0) is 30.9 Å². The molecule has 3 heteroatoms. The van der Waals surface area contributed by atoms with Crippen molar-refractivity contribution >= 4 is 0 Å². The maximum Gasteiger partial charge on any atom is 0.0946 e. The van der Waals surface area contributed by atoms with Crippen LogP contribution in [0.1, 0.15) is 44.4 Å². The molecule has 1 aromatic heterocycles. The fourth-order valence-corrected chi connectivity index (χ4v) is 2.54. The summed E-state index contributed by atoms with van der Waals surface area (Å²) in [6, 6.07) is 9.81. The van der Waals surface area contributed by atoms with Gasteiger partial charge in [0.25, 0.3) is 0 Å². The molecule has 0 aliphatic carbocycles. The van der Waals surface area contributed by atoms with E-state index in [9.17, 15) is 0 Å². The van der Waals surface area contributed by atoms with Crippen LogP contribution in [0.5, 0.6) is 0 Å². The standard InChI is InChI=1S/C17H25N3/c1-4-15-6-8-16(9-7-15)17(5-2)19-14(3)12-20-11-10-18-13-20/h6-11,13-14,17,19H,4-5,12H2,1-3H3. The number of imidazole rings is 1. The van der Waals surface area contributed by atoms with Gasteiger partial charge in [-0.2, -0.15) is 0 Å². The highest BCUT2D eigenvalue weighted by atomic mass is 15.1. The summed E-state index contributed by atoms with van der Waals surface area (Å²) in [5.74, 6) is 0. The summed E-state index contributed by atoms with van der Waals surface area (Å²) in [5.41, 5.74) is 2.78. The molecule has 2 unspecified atom stereocenters. The third kappa shape index (κ3) is 3.94. The van der Waals surface area contributed by atoms with Gasteiger partial charge >= 0.3 is 0 Å². The number of benzene rings is 1. The van der Waals surface area contributed by atoms with E-state index in [1.54, 1.807) is 0 Å². The van der Waals surface area contributed by atoms with Crippen LogP contribution in [0.25, 0.3) is 0 Å². The van der Waals surface area contributed by atoms with E-state index >= 15 is 0 Å². The average molecular weight is 271 g/mol. The highest BCUT2D eigenvalue weighted by Gasteiger charge is 2.12. The molecule has 0 saturated heterocycles. The van der Waals surface area contributed by atoms with Crippen molar-refractivity contribution in [3.05, 3.63) is 54.1 Å².